The van der Waals surface area contributed by atoms with Crippen LogP contribution in [0.4, 0.5) is 0 Å². The van der Waals surface area contributed by atoms with Crippen LogP contribution >= 0.6 is 22.7 Å². The first-order valence-corrected chi connectivity index (χ1v) is 10.6. The van der Waals surface area contributed by atoms with Gasteiger partial charge in [0.05, 0.1) is 15.7 Å². The average molecular weight is 392 g/mol. The molecule has 0 spiro atoms. The highest BCUT2D eigenvalue weighted by Gasteiger charge is 2.13. The van der Waals surface area contributed by atoms with Crippen LogP contribution in [0.25, 0.3) is 31.6 Å². The van der Waals surface area contributed by atoms with Gasteiger partial charge in [0.15, 0.2) is 7.28 Å². The Labute approximate surface area is 166 Å². The highest BCUT2D eigenvalue weighted by Crippen LogP contribution is 2.37. The highest BCUT2D eigenvalue weighted by atomic mass is 32.1. The lowest BCUT2D eigenvalue weighted by Crippen LogP contribution is -2.09. The molecule has 0 bridgehead atoms. The maximum atomic E-state index is 10.3. The number of H-pyrrole nitrogens is 1. The quantitative estimate of drug-likeness (QED) is 0.213. The number of nitrogens with one attached hydrogen (secondary N) is 2. The van der Waals surface area contributed by atoms with Crippen LogP contribution in [0.3, 0.4) is 0 Å². The van der Waals surface area contributed by atoms with Crippen molar-refractivity contribution in [2.24, 2.45) is 0 Å². The molecule has 27 heavy (non-hydrogen) atoms. The molecule has 0 fully saturated rings. The van der Waals surface area contributed by atoms with Gasteiger partial charge in [-0.15, -0.1) is 22.7 Å². The summed E-state index contributed by atoms with van der Waals surface area (Å²) in [7, 11) is 2.17. The van der Waals surface area contributed by atoms with Gasteiger partial charge < -0.3 is 10.3 Å². The van der Waals surface area contributed by atoms with Gasteiger partial charge in [0.1, 0.15) is 5.82 Å². The number of aromatic amines is 1. The fourth-order valence-electron chi connectivity index (χ4n) is 3.13. The minimum atomic E-state index is 0.155. The van der Waals surface area contributed by atoms with Crippen LogP contribution in [-0.4, -0.2) is 30.2 Å². The molecule has 3 heterocycles. The lowest BCUT2D eigenvalue weighted by Gasteiger charge is -2.00. The minimum absolute atomic E-state index is 0.155. The summed E-state index contributed by atoms with van der Waals surface area (Å²) in [5.74, 6) is 1.08. The molecule has 7 heteroatoms. The molecule has 2 N–H and O–H groups in total. The number of rotatable bonds is 7. The van der Waals surface area contributed by atoms with Crippen molar-refractivity contribution in [3.63, 3.8) is 0 Å². The molecule has 0 aliphatic carbocycles. The Bertz CT molecular complexity index is 1130. The topological polar surface area (TPSA) is 57.8 Å². The van der Waals surface area contributed by atoms with E-state index >= 15 is 0 Å². The maximum absolute atomic E-state index is 10.3. The third kappa shape index (κ3) is 3.45. The molecule has 1 amide bonds. The Balaban J connectivity index is 1.65. The first-order valence-electron chi connectivity index (χ1n) is 8.83. The van der Waals surface area contributed by atoms with Crippen molar-refractivity contribution < 1.29 is 4.79 Å². The molecular weight excluding hydrogens is 373 g/mol. The molecular formula is C20H19BN3OS2. The van der Waals surface area contributed by atoms with Crippen LogP contribution in [0, 0.1) is 0 Å². The summed E-state index contributed by atoms with van der Waals surface area (Å²) in [5.41, 5.74) is 5.85. The number of hydrogen-bond acceptors (Lipinski definition) is 4. The largest absolute Gasteiger partial charge is 0.355 e. The van der Waals surface area contributed by atoms with Crippen molar-refractivity contribution in [3.05, 3.63) is 46.9 Å². The molecule has 4 nitrogen and oxygen atoms in total. The Morgan fingerprint density at radius 3 is 2.96 bits per heavy atom. The van der Waals surface area contributed by atoms with Gasteiger partial charge in [-0.25, -0.2) is 4.98 Å². The van der Waals surface area contributed by atoms with E-state index in [9.17, 15) is 4.79 Å². The molecule has 4 rings (SSSR count). The predicted molar refractivity (Wildman–Crippen MR) is 118 cm³/mol. The van der Waals surface area contributed by atoms with E-state index in [1.807, 2.05) is 34.8 Å². The van der Waals surface area contributed by atoms with Crippen molar-refractivity contribution in [1.29, 1.82) is 0 Å². The molecule has 3 aromatic heterocycles. The molecule has 1 atom stereocenters. The summed E-state index contributed by atoms with van der Waals surface area (Å²) in [6.45, 7) is 4.71. The second-order valence-electron chi connectivity index (χ2n) is 6.38. The molecule has 4 aromatic rings. The van der Waals surface area contributed by atoms with Gasteiger partial charge in [-0.05, 0) is 23.1 Å². The van der Waals surface area contributed by atoms with Crippen LogP contribution in [0.2, 0.25) is 6.82 Å². The van der Waals surface area contributed by atoms with Crippen LogP contribution < -0.4 is 10.8 Å². The van der Waals surface area contributed by atoms with Crippen molar-refractivity contribution in [3.8, 4) is 11.1 Å². The molecule has 1 aromatic carbocycles. The monoisotopic (exact) mass is 392 g/mol. The van der Waals surface area contributed by atoms with Crippen LogP contribution in [0.15, 0.2) is 41.1 Å². The van der Waals surface area contributed by atoms with Crippen LogP contribution in [-0.2, 0) is 4.79 Å². The molecule has 0 saturated carbocycles. The number of benzene rings is 1. The Morgan fingerprint density at radius 2 is 2.15 bits per heavy atom. The molecule has 0 aliphatic heterocycles. The zero-order chi connectivity index (χ0) is 18.8. The van der Waals surface area contributed by atoms with E-state index in [1.54, 1.807) is 0 Å². The van der Waals surface area contributed by atoms with Crippen molar-refractivity contribution in [2.75, 3.05) is 6.54 Å². The van der Waals surface area contributed by atoms with Gasteiger partial charge >= 0.3 is 0 Å². The first-order chi connectivity index (χ1) is 13.2. The lowest BCUT2D eigenvalue weighted by molar-refractivity contribution is -0.109. The standard InChI is InChI=1S/C20H19BN3OS2/c1-12(4-3-7-22-11-25)20-23-16-6-5-13(8-17(16)24-20)14-9-26-19-15(21-2)10-27-18(14)19/h3-6,8-12H,7H2,1-2H3,(H,22,25)(H,23,24)/b4-3-. The Kier molecular flexibility index (Phi) is 5.14. The summed E-state index contributed by atoms with van der Waals surface area (Å²) < 4.78 is 2.72. The maximum Gasteiger partial charge on any atom is 0.207 e. The number of nitrogens with zero attached hydrogens (tertiary/aromatic N) is 1. The van der Waals surface area contributed by atoms with Crippen LogP contribution in [0.5, 0.6) is 0 Å². The predicted octanol–water partition coefficient (Wildman–Crippen LogP) is 4.29. The summed E-state index contributed by atoms with van der Waals surface area (Å²) in [6, 6.07) is 6.42. The van der Waals surface area contributed by atoms with Crippen molar-refractivity contribution >= 4 is 62.3 Å². The summed E-state index contributed by atoms with van der Waals surface area (Å²) in [4.78, 5) is 18.5. The molecule has 0 aliphatic rings. The Morgan fingerprint density at radius 1 is 1.30 bits per heavy atom. The number of carbonyl (C=O) groups is 1. The number of fused-ring (bicyclic) bond motifs is 2. The van der Waals surface area contributed by atoms with Crippen molar-refractivity contribution in [1.82, 2.24) is 15.3 Å². The Hall–Kier alpha value is -2.38. The smallest absolute Gasteiger partial charge is 0.207 e. The summed E-state index contributed by atoms with van der Waals surface area (Å²) in [5, 5.41) is 7.10. The number of hydrogen-bond donors (Lipinski definition) is 2. The normalized spacial score (nSPS) is 12.8. The van der Waals surface area contributed by atoms with E-state index in [1.165, 1.54) is 26.0 Å². The van der Waals surface area contributed by atoms with E-state index in [4.69, 9.17) is 4.98 Å². The number of imidazole rings is 1. The molecule has 0 saturated heterocycles. The van der Waals surface area contributed by atoms with Gasteiger partial charge in [0.25, 0.3) is 0 Å². The number of thiophene rings is 2. The second kappa shape index (κ2) is 7.70. The third-order valence-corrected chi connectivity index (χ3v) is 6.80. The van der Waals surface area contributed by atoms with E-state index in [2.05, 4.69) is 60.3 Å². The van der Waals surface area contributed by atoms with E-state index in [-0.39, 0.29) is 5.92 Å². The first kappa shape index (κ1) is 18.0. The minimum Gasteiger partial charge on any atom is -0.355 e. The number of aromatic nitrogens is 2. The van der Waals surface area contributed by atoms with E-state index in [0.29, 0.717) is 13.0 Å². The fraction of sp³-hybridized carbons (Fsp3) is 0.200. The van der Waals surface area contributed by atoms with Gasteiger partial charge in [-0.1, -0.05) is 37.4 Å². The van der Waals surface area contributed by atoms with Gasteiger partial charge in [0, 0.05) is 28.1 Å². The summed E-state index contributed by atoms with van der Waals surface area (Å²) in [6.07, 6.45) is 4.69. The van der Waals surface area contributed by atoms with E-state index < -0.39 is 0 Å². The molecule has 1 radical (unpaired) electrons. The van der Waals surface area contributed by atoms with Crippen molar-refractivity contribution in [2.45, 2.75) is 19.7 Å². The van der Waals surface area contributed by atoms with Gasteiger partial charge in [-0.3, -0.25) is 4.79 Å². The fourth-order valence-corrected chi connectivity index (χ4v) is 5.61. The zero-order valence-electron chi connectivity index (χ0n) is 15.2. The van der Waals surface area contributed by atoms with Gasteiger partial charge in [-0.2, -0.15) is 0 Å². The molecule has 135 valence electrons. The summed E-state index contributed by atoms with van der Waals surface area (Å²) >= 11 is 3.62. The molecule has 1 unspecified atom stereocenters. The SMILES string of the molecule is C[B]c1csc2c(-c3ccc4nc(C(C)/C=C\CNC=O)[nH]c4c3)csc12. The third-order valence-electron chi connectivity index (χ3n) is 4.61. The zero-order valence-corrected chi connectivity index (χ0v) is 16.8. The second-order valence-corrected chi connectivity index (χ2v) is 8.14. The van der Waals surface area contributed by atoms with E-state index in [0.717, 1.165) is 16.9 Å². The van der Waals surface area contributed by atoms with Gasteiger partial charge in [0.2, 0.25) is 6.41 Å². The number of allylic oxidation sites excluding steroid dienone is 1. The number of carbonyl (C=O) groups excluding carboxylic acids is 1. The number of amides is 1. The lowest BCUT2D eigenvalue weighted by atomic mass is 9.75. The average Bonchev–Trinajstić information content (AvgIpc) is 3.38. The highest BCUT2D eigenvalue weighted by molar-refractivity contribution is 7.28. The van der Waals surface area contributed by atoms with Crippen LogP contribution in [0.1, 0.15) is 18.7 Å².